The largest absolute Gasteiger partial charge is 0.481 e. The molecule has 1 aromatic rings. The van der Waals surface area contributed by atoms with Crippen LogP contribution in [0.3, 0.4) is 0 Å². The topological polar surface area (TPSA) is 83.5 Å². The first kappa shape index (κ1) is 15.7. The minimum atomic E-state index is -3.57. The number of hydrogen-bond donors (Lipinski definition) is 2. The first-order chi connectivity index (χ1) is 8.74. The Morgan fingerprint density at radius 1 is 1.37 bits per heavy atom. The van der Waals surface area contributed by atoms with Crippen molar-refractivity contribution in [2.24, 2.45) is 5.92 Å². The molecule has 2 N–H and O–H groups in total. The van der Waals surface area contributed by atoms with E-state index in [0.717, 1.165) is 5.56 Å². The van der Waals surface area contributed by atoms with Gasteiger partial charge in [0.05, 0.1) is 10.8 Å². The Balaban J connectivity index is 2.74. The van der Waals surface area contributed by atoms with Crippen LogP contribution >= 0.6 is 0 Å². The molecule has 0 fully saturated rings. The molecule has 0 heterocycles. The molecule has 0 amide bonds. The SMILES string of the molecule is Cc1ccc(S(=O)(=O)NCCC(C)C(=O)O)c(C)c1. The smallest absolute Gasteiger partial charge is 0.306 e. The number of carbonyl (C=O) groups is 1. The summed E-state index contributed by atoms with van der Waals surface area (Å²) >= 11 is 0. The van der Waals surface area contributed by atoms with E-state index in [-0.39, 0.29) is 17.9 Å². The van der Waals surface area contributed by atoms with Crippen LogP contribution in [0.25, 0.3) is 0 Å². The molecule has 1 aromatic carbocycles. The van der Waals surface area contributed by atoms with Gasteiger partial charge in [0, 0.05) is 6.54 Å². The Bertz CT molecular complexity index is 566. The van der Waals surface area contributed by atoms with E-state index in [9.17, 15) is 13.2 Å². The minimum Gasteiger partial charge on any atom is -0.481 e. The van der Waals surface area contributed by atoms with Gasteiger partial charge in [-0.1, -0.05) is 24.6 Å². The third kappa shape index (κ3) is 4.33. The number of benzene rings is 1. The van der Waals surface area contributed by atoms with Gasteiger partial charge in [-0.25, -0.2) is 13.1 Å². The number of rotatable bonds is 6. The Morgan fingerprint density at radius 2 is 2.00 bits per heavy atom. The highest BCUT2D eigenvalue weighted by Gasteiger charge is 2.17. The van der Waals surface area contributed by atoms with Crippen LogP contribution in [0.15, 0.2) is 23.1 Å². The number of carboxylic acid groups (broad SMARTS) is 1. The van der Waals surface area contributed by atoms with Gasteiger partial charge in [0.2, 0.25) is 10.0 Å². The molecule has 0 aromatic heterocycles. The van der Waals surface area contributed by atoms with Crippen molar-refractivity contribution in [3.8, 4) is 0 Å². The Hall–Kier alpha value is -1.40. The van der Waals surface area contributed by atoms with E-state index in [0.29, 0.717) is 5.56 Å². The zero-order valence-electron chi connectivity index (χ0n) is 11.3. The quantitative estimate of drug-likeness (QED) is 0.833. The highest BCUT2D eigenvalue weighted by Crippen LogP contribution is 2.16. The molecule has 0 spiro atoms. The summed E-state index contributed by atoms with van der Waals surface area (Å²) < 4.78 is 26.5. The van der Waals surface area contributed by atoms with Gasteiger partial charge in [-0.15, -0.1) is 0 Å². The van der Waals surface area contributed by atoms with E-state index in [1.807, 2.05) is 6.92 Å². The van der Waals surface area contributed by atoms with Crippen LogP contribution in [0.5, 0.6) is 0 Å². The van der Waals surface area contributed by atoms with Crippen LogP contribution in [-0.4, -0.2) is 26.0 Å². The van der Waals surface area contributed by atoms with Crippen molar-refractivity contribution in [3.63, 3.8) is 0 Å². The predicted molar refractivity (Wildman–Crippen MR) is 72.5 cm³/mol. The molecule has 6 heteroatoms. The van der Waals surface area contributed by atoms with E-state index in [2.05, 4.69) is 4.72 Å². The monoisotopic (exact) mass is 285 g/mol. The van der Waals surface area contributed by atoms with E-state index in [1.165, 1.54) is 0 Å². The number of aliphatic carboxylic acids is 1. The van der Waals surface area contributed by atoms with E-state index in [4.69, 9.17) is 5.11 Å². The number of sulfonamides is 1. The maximum atomic E-state index is 12.1. The van der Waals surface area contributed by atoms with Crippen LogP contribution in [0, 0.1) is 19.8 Å². The fourth-order valence-electron chi connectivity index (χ4n) is 1.71. The molecular weight excluding hydrogens is 266 g/mol. The zero-order valence-corrected chi connectivity index (χ0v) is 12.1. The molecule has 0 saturated carbocycles. The highest BCUT2D eigenvalue weighted by molar-refractivity contribution is 7.89. The summed E-state index contributed by atoms with van der Waals surface area (Å²) in [6, 6.07) is 5.10. The second-order valence-electron chi connectivity index (χ2n) is 4.69. The van der Waals surface area contributed by atoms with Crippen molar-refractivity contribution < 1.29 is 18.3 Å². The number of carboxylic acids is 1. The summed E-state index contributed by atoms with van der Waals surface area (Å²) in [6.45, 7) is 5.30. The van der Waals surface area contributed by atoms with Crippen molar-refractivity contribution in [2.75, 3.05) is 6.54 Å². The molecule has 1 unspecified atom stereocenters. The second-order valence-corrected chi connectivity index (χ2v) is 6.43. The molecular formula is C13H19NO4S. The number of hydrogen-bond acceptors (Lipinski definition) is 3. The Morgan fingerprint density at radius 3 is 2.53 bits per heavy atom. The fourth-order valence-corrected chi connectivity index (χ4v) is 2.98. The lowest BCUT2D eigenvalue weighted by atomic mass is 10.1. The van der Waals surface area contributed by atoms with Crippen LogP contribution in [0.1, 0.15) is 24.5 Å². The summed E-state index contributed by atoms with van der Waals surface area (Å²) in [5.74, 6) is -1.49. The van der Waals surface area contributed by atoms with Crippen molar-refractivity contribution in [1.82, 2.24) is 4.72 Å². The summed E-state index contributed by atoms with van der Waals surface area (Å²) in [6.07, 6.45) is 0.263. The van der Waals surface area contributed by atoms with Crippen molar-refractivity contribution in [1.29, 1.82) is 0 Å². The van der Waals surface area contributed by atoms with Crippen LogP contribution < -0.4 is 4.72 Å². The van der Waals surface area contributed by atoms with Gasteiger partial charge >= 0.3 is 5.97 Å². The summed E-state index contributed by atoms with van der Waals surface area (Å²) in [4.78, 5) is 10.9. The average molecular weight is 285 g/mol. The fraction of sp³-hybridized carbons (Fsp3) is 0.462. The molecule has 0 aliphatic carbocycles. The maximum absolute atomic E-state index is 12.1. The molecule has 19 heavy (non-hydrogen) atoms. The lowest BCUT2D eigenvalue weighted by Gasteiger charge is -2.11. The van der Waals surface area contributed by atoms with Gasteiger partial charge in [-0.05, 0) is 31.9 Å². The standard InChI is InChI=1S/C13H19NO4S/c1-9-4-5-12(11(3)8-9)19(17,18)14-7-6-10(2)13(15)16/h4-5,8,10,14H,6-7H2,1-3H3,(H,15,16). The first-order valence-corrected chi connectivity index (χ1v) is 7.52. The van der Waals surface area contributed by atoms with Crippen LogP contribution in [0.4, 0.5) is 0 Å². The minimum absolute atomic E-state index is 0.114. The van der Waals surface area contributed by atoms with Gasteiger partial charge in [0.1, 0.15) is 0 Å². The van der Waals surface area contributed by atoms with Crippen molar-refractivity contribution in [2.45, 2.75) is 32.1 Å². The van der Waals surface area contributed by atoms with Gasteiger partial charge in [0.25, 0.3) is 0 Å². The number of aryl methyl sites for hydroxylation is 2. The molecule has 0 saturated heterocycles. The molecule has 1 atom stereocenters. The molecule has 0 bridgehead atoms. The van der Waals surface area contributed by atoms with Gasteiger partial charge in [-0.3, -0.25) is 4.79 Å². The van der Waals surface area contributed by atoms with Crippen LogP contribution in [0.2, 0.25) is 0 Å². The molecule has 106 valence electrons. The third-order valence-electron chi connectivity index (χ3n) is 2.91. The lowest BCUT2D eigenvalue weighted by molar-refractivity contribution is -0.141. The molecule has 0 aliphatic heterocycles. The first-order valence-electron chi connectivity index (χ1n) is 6.04. The maximum Gasteiger partial charge on any atom is 0.306 e. The Labute approximate surface area is 113 Å². The number of nitrogens with one attached hydrogen (secondary N) is 1. The van der Waals surface area contributed by atoms with Gasteiger partial charge < -0.3 is 5.11 Å². The van der Waals surface area contributed by atoms with Crippen molar-refractivity contribution in [3.05, 3.63) is 29.3 Å². The van der Waals surface area contributed by atoms with Gasteiger partial charge in [-0.2, -0.15) is 0 Å². The summed E-state index contributed by atoms with van der Waals surface area (Å²) in [5.41, 5.74) is 1.68. The highest BCUT2D eigenvalue weighted by atomic mass is 32.2. The summed E-state index contributed by atoms with van der Waals surface area (Å²) in [7, 11) is -3.57. The normalized spacial score (nSPS) is 13.2. The lowest BCUT2D eigenvalue weighted by Crippen LogP contribution is -2.27. The zero-order chi connectivity index (χ0) is 14.6. The molecule has 1 rings (SSSR count). The molecule has 0 aliphatic rings. The second kappa shape index (κ2) is 6.16. The Kier molecular flexibility index (Phi) is 5.08. The molecule has 5 nitrogen and oxygen atoms in total. The summed E-state index contributed by atoms with van der Waals surface area (Å²) in [5, 5.41) is 8.73. The van der Waals surface area contributed by atoms with E-state index < -0.39 is 21.9 Å². The van der Waals surface area contributed by atoms with E-state index in [1.54, 1.807) is 32.0 Å². The third-order valence-corrected chi connectivity index (χ3v) is 4.53. The van der Waals surface area contributed by atoms with Crippen molar-refractivity contribution >= 4 is 16.0 Å². The predicted octanol–water partition coefficient (Wildman–Crippen LogP) is 1.69. The average Bonchev–Trinajstić information content (AvgIpc) is 2.27. The van der Waals surface area contributed by atoms with Crippen LogP contribution in [-0.2, 0) is 14.8 Å². The molecule has 0 radical (unpaired) electrons. The van der Waals surface area contributed by atoms with E-state index >= 15 is 0 Å². The van der Waals surface area contributed by atoms with Gasteiger partial charge in [0.15, 0.2) is 0 Å².